The number of aryl methyl sites for hydroxylation is 2. The number of thiophene rings is 1. The summed E-state index contributed by atoms with van der Waals surface area (Å²) in [7, 11) is 1.95. The van der Waals surface area contributed by atoms with Crippen LogP contribution in [0.5, 0.6) is 0 Å². The van der Waals surface area contributed by atoms with Crippen LogP contribution in [-0.4, -0.2) is 16.3 Å². The molecule has 0 amide bonds. The largest absolute Gasteiger partial charge is 0.310 e. The molecule has 0 saturated carbocycles. The summed E-state index contributed by atoms with van der Waals surface area (Å²) in [6.45, 7) is 5.00. The van der Waals surface area contributed by atoms with Crippen molar-refractivity contribution in [2.45, 2.75) is 26.3 Å². The van der Waals surface area contributed by atoms with Crippen LogP contribution in [0.4, 0.5) is 0 Å². The van der Waals surface area contributed by atoms with E-state index in [1.54, 1.807) is 11.3 Å². The number of nitrogens with zero attached hydrogens (tertiary/aromatic N) is 2. The summed E-state index contributed by atoms with van der Waals surface area (Å²) < 4.78 is 1.88. The van der Waals surface area contributed by atoms with E-state index in [0.717, 1.165) is 29.4 Å². The van der Waals surface area contributed by atoms with Crippen molar-refractivity contribution in [3.63, 3.8) is 0 Å². The summed E-state index contributed by atoms with van der Waals surface area (Å²) in [5.41, 5.74) is 3.30. The normalized spacial score (nSPS) is 12.9. The first-order chi connectivity index (χ1) is 8.63. The molecule has 0 bridgehead atoms. The molecule has 0 aromatic carbocycles. The van der Waals surface area contributed by atoms with Crippen molar-refractivity contribution in [3.05, 3.63) is 38.8 Å². The van der Waals surface area contributed by atoms with E-state index in [0.29, 0.717) is 6.04 Å². The van der Waals surface area contributed by atoms with Gasteiger partial charge >= 0.3 is 0 Å². The fourth-order valence-electron chi connectivity index (χ4n) is 2.12. The maximum absolute atomic E-state index is 6.31. The third-order valence-corrected chi connectivity index (χ3v) is 4.25. The van der Waals surface area contributed by atoms with Gasteiger partial charge in [0.25, 0.3) is 0 Å². The molecule has 0 aliphatic heterocycles. The van der Waals surface area contributed by atoms with Crippen molar-refractivity contribution < 1.29 is 0 Å². The van der Waals surface area contributed by atoms with E-state index in [2.05, 4.69) is 34.2 Å². The Labute approximate surface area is 117 Å². The molecule has 2 heterocycles. The van der Waals surface area contributed by atoms with Crippen molar-refractivity contribution in [2.24, 2.45) is 7.05 Å². The van der Waals surface area contributed by atoms with E-state index in [-0.39, 0.29) is 0 Å². The minimum absolute atomic E-state index is 0.300. The Morgan fingerprint density at radius 3 is 2.83 bits per heavy atom. The second kappa shape index (κ2) is 5.87. The summed E-state index contributed by atoms with van der Waals surface area (Å²) in [5.74, 6) is 0. The lowest BCUT2D eigenvalue weighted by molar-refractivity contribution is 0.530. The van der Waals surface area contributed by atoms with Gasteiger partial charge in [0, 0.05) is 19.5 Å². The molecule has 2 aromatic heterocycles. The highest BCUT2D eigenvalue weighted by Crippen LogP contribution is 2.26. The zero-order chi connectivity index (χ0) is 13.1. The van der Waals surface area contributed by atoms with Crippen LogP contribution in [0.15, 0.2) is 16.8 Å². The Morgan fingerprint density at radius 2 is 2.33 bits per heavy atom. The topological polar surface area (TPSA) is 29.9 Å². The van der Waals surface area contributed by atoms with Crippen molar-refractivity contribution in [2.75, 3.05) is 6.54 Å². The van der Waals surface area contributed by atoms with Crippen LogP contribution in [0.2, 0.25) is 5.02 Å². The number of halogens is 1. The average molecular weight is 284 g/mol. The number of hydrogen-bond donors (Lipinski definition) is 1. The van der Waals surface area contributed by atoms with Crippen LogP contribution in [0.3, 0.4) is 0 Å². The predicted octanol–water partition coefficient (Wildman–Crippen LogP) is 3.34. The molecule has 0 aliphatic rings. The van der Waals surface area contributed by atoms with Gasteiger partial charge in [-0.2, -0.15) is 16.4 Å². The van der Waals surface area contributed by atoms with E-state index in [1.165, 1.54) is 5.56 Å². The molecule has 18 heavy (non-hydrogen) atoms. The first-order valence-electron chi connectivity index (χ1n) is 6.07. The van der Waals surface area contributed by atoms with Crippen LogP contribution in [0.1, 0.15) is 29.9 Å². The second-order valence-corrected chi connectivity index (χ2v) is 5.50. The Balaban J connectivity index is 2.24. The van der Waals surface area contributed by atoms with Crippen molar-refractivity contribution in [1.29, 1.82) is 0 Å². The van der Waals surface area contributed by atoms with Crippen LogP contribution < -0.4 is 5.32 Å². The number of aromatic nitrogens is 2. The highest BCUT2D eigenvalue weighted by Gasteiger charge is 2.18. The second-order valence-electron chi connectivity index (χ2n) is 4.34. The lowest BCUT2D eigenvalue weighted by atomic mass is 10.0. The van der Waals surface area contributed by atoms with Gasteiger partial charge in [-0.15, -0.1) is 0 Å². The smallest absolute Gasteiger partial charge is 0.0847 e. The van der Waals surface area contributed by atoms with Crippen molar-refractivity contribution in [1.82, 2.24) is 15.1 Å². The fourth-order valence-corrected chi connectivity index (χ4v) is 3.07. The molecule has 3 nitrogen and oxygen atoms in total. The summed E-state index contributed by atoms with van der Waals surface area (Å²) in [5, 5.41) is 12.9. The van der Waals surface area contributed by atoms with Crippen molar-refractivity contribution >= 4 is 22.9 Å². The van der Waals surface area contributed by atoms with Crippen LogP contribution in [0.25, 0.3) is 0 Å². The molecule has 98 valence electrons. The summed E-state index contributed by atoms with van der Waals surface area (Å²) in [4.78, 5) is 0. The van der Waals surface area contributed by atoms with E-state index in [1.807, 2.05) is 18.7 Å². The molecule has 1 unspecified atom stereocenters. The Morgan fingerprint density at radius 1 is 1.56 bits per heavy atom. The lowest BCUT2D eigenvalue weighted by Crippen LogP contribution is -2.23. The number of hydrogen-bond acceptors (Lipinski definition) is 3. The van der Waals surface area contributed by atoms with E-state index >= 15 is 0 Å². The van der Waals surface area contributed by atoms with Crippen LogP contribution in [-0.2, 0) is 13.5 Å². The number of likely N-dealkylation sites (N-methyl/N-ethyl adjacent to an activating group) is 1. The quantitative estimate of drug-likeness (QED) is 0.912. The van der Waals surface area contributed by atoms with Gasteiger partial charge in [-0.3, -0.25) is 4.68 Å². The van der Waals surface area contributed by atoms with Gasteiger partial charge in [0.1, 0.15) is 0 Å². The maximum atomic E-state index is 6.31. The Hall–Kier alpha value is -0.840. The van der Waals surface area contributed by atoms with Crippen LogP contribution in [0, 0.1) is 6.92 Å². The molecule has 0 aliphatic carbocycles. The molecule has 0 fully saturated rings. The zero-order valence-corrected chi connectivity index (χ0v) is 12.5. The maximum Gasteiger partial charge on any atom is 0.0847 e. The predicted molar refractivity (Wildman–Crippen MR) is 77.4 cm³/mol. The van der Waals surface area contributed by atoms with Gasteiger partial charge in [-0.1, -0.05) is 18.5 Å². The molecule has 1 N–H and O–H groups in total. The summed E-state index contributed by atoms with van der Waals surface area (Å²) in [6, 6.07) is 2.46. The van der Waals surface area contributed by atoms with Gasteiger partial charge in [-0.25, -0.2) is 0 Å². The summed E-state index contributed by atoms with van der Waals surface area (Å²) in [6.07, 6.45) is 0.862. The molecule has 0 saturated heterocycles. The molecular weight excluding hydrogens is 266 g/mol. The molecular formula is C13H18ClN3S. The van der Waals surface area contributed by atoms with Gasteiger partial charge in [-0.05, 0) is 35.9 Å². The standard InChI is InChI=1S/C13H18ClN3S/c1-4-15-11(10-5-6-18-8-10)7-12-13(14)9(2)16-17(12)3/h5-6,8,11,15H,4,7H2,1-3H3. The lowest BCUT2D eigenvalue weighted by Gasteiger charge is -2.17. The Bertz CT molecular complexity index is 505. The minimum Gasteiger partial charge on any atom is -0.310 e. The third-order valence-electron chi connectivity index (χ3n) is 3.06. The molecule has 0 spiro atoms. The molecule has 2 aromatic rings. The highest BCUT2D eigenvalue weighted by molar-refractivity contribution is 7.07. The first-order valence-corrected chi connectivity index (χ1v) is 7.39. The minimum atomic E-state index is 0.300. The van der Waals surface area contributed by atoms with E-state index in [4.69, 9.17) is 11.6 Å². The number of nitrogens with one attached hydrogen (secondary N) is 1. The van der Waals surface area contributed by atoms with Crippen molar-refractivity contribution in [3.8, 4) is 0 Å². The van der Waals surface area contributed by atoms with E-state index in [9.17, 15) is 0 Å². The van der Waals surface area contributed by atoms with Gasteiger partial charge < -0.3 is 5.32 Å². The highest BCUT2D eigenvalue weighted by atomic mass is 35.5. The Kier molecular flexibility index (Phi) is 4.43. The molecule has 5 heteroatoms. The molecule has 0 radical (unpaired) electrons. The van der Waals surface area contributed by atoms with Gasteiger partial charge in [0.15, 0.2) is 0 Å². The number of rotatable bonds is 5. The van der Waals surface area contributed by atoms with Gasteiger partial charge in [0.05, 0.1) is 16.4 Å². The summed E-state index contributed by atoms with van der Waals surface area (Å²) >= 11 is 8.03. The van der Waals surface area contributed by atoms with Crippen LogP contribution >= 0.6 is 22.9 Å². The van der Waals surface area contributed by atoms with Gasteiger partial charge in [0.2, 0.25) is 0 Å². The van der Waals surface area contributed by atoms with E-state index < -0.39 is 0 Å². The molecule has 2 rings (SSSR count). The SMILES string of the molecule is CCNC(Cc1c(Cl)c(C)nn1C)c1ccsc1. The monoisotopic (exact) mass is 283 g/mol. The molecule has 1 atom stereocenters. The third kappa shape index (κ3) is 2.76. The first kappa shape index (κ1) is 13.6. The fraction of sp³-hybridized carbons (Fsp3) is 0.462. The average Bonchev–Trinajstić information content (AvgIpc) is 2.93. The zero-order valence-electron chi connectivity index (χ0n) is 10.9.